The Hall–Kier alpha value is -1.68. The monoisotopic (exact) mass is 284 g/mol. The summed E-state index contributed by atoms with van der Waals surface area (Å²) < 4.78 is 2.01. The molecule has 0 amide bonds. The molecular formula is C17H24N4. The fraction of sp³-hybridized carbons (Fsp3) is 0.529. The molecule has 112 valence electrons. The predicted octanol–water partition coefficient (Wildman–Crippen LogP) is 3.15. The number of rotatable bonds is 5. The SMILES string of the molecule is CC(C)NCC1CCCC1c1cnnn1-c1ccccc1. The predicted molar refractivity (Wildman–Crippen MR) is 84.6 cm³/mol. The largest absolute Gasteiger partial charge is 0.314 e. The van der Waals surface area contributed by atoms with Gasteiger partial charge in [0, 0.05) is 12.0 Å². The van der Waals surface area contributed by atoms with E-state index in [1.54, 1.807) is 0 Å². The van der Waals surface area contributed by atoms with E-state index in [2.05, 4.69) is 41.6 Å². The molecule has 1 N–H and O–H groups in total. The van der Waals surface area contributed by atoms with Gasteiger partial charge in [-0.15, -0.1) is 5.10 Å². The Morgan fingerprint density at radius 3 is 2.81 bits per heavy atom. The molecule has 4 heteroatoms. The van der Waals surface area contributed by atoms with Crippen LogP contribution in [0.15, 0.2) is 36.5 Å². The number of benzene rings is 1. The number of nitrogens with zero attached hydrogens (tertiary/aromatic N) is 3. The van der Waals surface area contributed by atoms with Crippen LogP contribution in [0, 0.1) is 5.92 Å². The summed E-state index contributed by atoms with van der Waals surface area (Å²) in [6.07, 6.45) is 5.79. The average molecular weight is 284 g/mol. The van der Waals surface area contributed by atoms with Crippen LogP contribution in [0.5, 0.6) is 0 Å². The lowest BCUT2D eigenvalue weighted by molar-refractivity contribution is 0.413. The quantitative estimate of drug-likeness (QED) is 0.917. The first kappa shape index (κ1) is 14.3. The first-order valence-electron chi connectivity index (χ1n) is 7.95. The van der Waals surface area contributed by atoms with E-state index >= 15 is 0 Å². The van der Waals surface area contributed by atoms with Crippen LogP contribution in [0.25, 0.3) is 5.69 Å². The fourth-order valence-corrected chi connectivity index (χ4v) is 3.32. The van der Waals surface area contributed by atoms with E-state index in [0.29, 0.717) is 17.9 Å². The van der Waals surface area contributed by atoms with E-state index in [1.165, 1.54) is 25.0 Å². The summed E-state index contributed by atoms with van der Waals surface area (Å²) in [6.45, 7) is 5.50. The molecule has 0 saturated heterocycles. The highest BCUT2D eigenvalue weighted by molar-refractivity contribution is 5.32. The van der Waals surface area contributed by atoms with Gasteiger partial charge in [-0.1, -0.05) is 43.7 Å². The molecule has 2 unspecified atom stereocenters. The van der Waals surface area contributed by atoms with Crippen LogP contribution in [0.4, 0.5) is 0 Å². The topological polar surface area (TPSA) is 42.7 Å². The molecule has 0 bridgehead atoms. The van der Waals surface area contributed by atoms with Crippen molar-refractivity contribution in [1.82, 2.24) is 20.3 Å². The Labute approximate surface area is 126 Å². The summed E-state index contributed by atoms with van der Waals surface area (Å²) in [4.78, 5) is 0. The molecule has 4 nitrogen and oxygen atoms in total. The van der Waals surface area contributed by atoms with E-state index < -0.39 is 0 Å². The van der Waals surface area contributed by atoms with Crippen molar-refractivity contribution < 1.29 is 0 Å². The van der Waals surface area contributed by atoms with Gasteiger partial charge in [-0.3, -0.25) is 0 Å². The van der Waals surface area contributed by atoms with Crippen molar-refractivity contribution in [2.75, 3.05) is 6.54 Å². The molecule has 1 aliphatic carbocycles. The molecule has 0 aliphatic heterocycles. The van der Waals surface area contributed by atoms with Crippen LogP contribution in [0.2, 0.25) is 0 Å². The third-order valence-electron chi connectivity index (χ3n) is 4.40. The lowest BCUT2D eigenvalue weighted by Crippen LogP contribution is -2.30. The van der Waals surface area contributed by atoms with Crippen molar-refractivity contribution >= 4 is 0 Å². The molecule has 1 aromatic heterocycles. The fourth-order valence-electron chi connectivity index (χ4n) is 3.32. The van der Waals surface area contributed by atoms with Crippen molar-refractivity contribution in [2.45, 2.75) is 45.1 Å². The minimum Gasteiger partial charge on any atom is -0.314 e. The standard InChI is InChI=1S/C17H24N4/c1-13(2)18-11-14-7-6-10-16(14)17-12-19-20-21(17)15-8-4-3-5-9-15/h3-5,8-9,12-14,16,18H,6-7,10-11H2,1-2H3. The van der Waals surface area contributed by atoms with Gasteiger partial charge in [0.2, 0.25) is 0 Å². The molecule has 1 aliphatic rings. The van der Waals surface area contributed by atoms with E-state index in [4.69, 9.17) is 0 Å². The van der Waals surface area contributed by atoms with Crippen LogP contribution >= 0.6 is 0 Å². The Balaban J connectivity index is 1.82. The zero-order valence-electron chi connectivity index (χ0n) is 12.9. The maximum Gasteiger partial charge on any atom is 0.0732 e. The van der Waals surface area contributed by atoms with Crippen LogP contribution in [-0.4, -0.2) is 27.6 Å². The minimum atomic E-state index is 0.545. The molecule has 21 heavy (non-hydrogen) atoms. The van der Waals surface area contributed by atoms with E-state index in [-0.39, 0.29) is 0 Å². The molecule has 0 radical (unpaired) electrons. The van der Waals surface area contributed by atoms with E-state index in [9.17, 15) is 0 Å². The number of hydrogen-bond acceptors (Lipinski definition) is 3. The summed E-state index contributed by atoms with van der Waals surface area (Å²) in [5, 5.41) is 12.1. The normalized spacial score (nSPS) is 22.0. The molecule has 3 rings (SSSR count). The van der Waals surface area contributed by atoms with Gasteiger partial charge >= 0.3 is 0 Å². The summed E-state index contributed by atoms with van der Waals surface area (Å²) in [6, 6.07) is 10.9. The molecule has 1 heterocycles. The van der Waals surface area contributed by atoms with Crippen LogP contribution < -0.4 is 5.32 Å². The summed E-state index contributed by atoms with van der Waals surface area (Å²) in [7, 11) is 0. The van der Waals surface area contributed by atoms with Gasteiger partial charge in [0.25, 0.3) is 0 Å². The second kappa shape index (κ2) is 6.39. The second-order valence-electron chi connectivity index (χ2n) is 6.27. The highest BCUT2D eigenvalue weighted by Gasteiger charge is 2.31. The van der Waals surface area contributed by atoms with Crippen LogP contribution in [0.1, 0.15) is 44.7 Å². The summed E-state index contributed by atoms with van der Waals surface area (Å²) in [5.74, 6) is 1.25. The van der Waals surface area contributed by atoms with Crippen molar-refractivity contribution in [3.05, 3.63) is 42.2 Å². The Kier molecular flexibility index (Phi) is 4.34. The van der Waals surface area contributed by atoms with Crippen LogP contribution in [-0.2, 0) is 0 Å². The third-order valence-corrected chi connectivity index (χ3v) is 4.40. The number of para-hydroxylation sites is 1. The van der Waals surface area contributed by atoms with Crippen molar-refractivity contribution in [3.63, 3.8) is 0 Å². The lowest BCUT2D eigenvalue weighted by Gasteiger charge is -2.21. The molecule has 2 aromatic rings. The Morgan fingerprint density at radius 2 is 2.05 bits per heavy atom. The Morgan fingerprint density at radius 1 is 1.24 bits per heavy atom. The molecule has 2 atom stereocenters. The van der Waals surface area contributed by atoms with Crippen LogP contribution in [0.3, 0.4) is 0 Å². The van der Waals surface area contributed by atoms with Gasteiger partial charge in [-0.25, -0.2) is 4.68 Å². The highest BCUT2D eigenvalue weighted by Crippen LogP contribution is 2.39. The average Bonchev–Trinajstić information content (AvgIpc) is 3.14. The lowest BCUT2D eigenvalue weighted by atomic mass is 9.92. The maximum atomic E-state index is 4.31. The van der Waals surface area contributed by atoms with Gasteiger partial charge in [0.15, 0.2) is 0 Å². The van der Waals surface area contributed by atoms with Gasteiger partial charge in [-0.05, 0) is 37.4 Å². The molecule has 1 saturated carbocycles. The molecule has 1 fully saturated rings. The van der Waals surface area contributed by atoms with Crippen molar-refractivity contribution in [3.8, 4) is 5.69 Å². The number of hydrogen-bond donors (Lipinski definition) is 1. The number of aromatic nitrogens is 3. The third kappa shape index (κ3) is 3.16. The minimum absolute atomic E-state index is 0.545. The molecular weight excluding hydrogens is 260 g/mol. The van der Waals surface area contributed by atoms with Gasteiger partial charge < -0.3 is 5.32 Å². The highest BCUT2D eigenvalue weighted by atomic mass is 15.4. The van der Waals surface area contributed by atoms with Crippen molar-refractivity contribution in [1.29, 1.82) is 0 Å². The first-order valence-corrected chi connectivity index (χ1v) is 7.95. The van der Waals surface area contributed by atoms with E-state index in [1.807, 2.05) is 29.1 Å². The smallest absolute Gasteiger partial charge is 0.0732 e. The Bertz CT molecular complexity index is 561. The van der Waals surface area contributed by atoms with Gasteiger partial charge in [0.1, 0.15) is 0 Å². The second-order valence-corrected chi connectivity index (χ2v) is 6.27. The molecule has 1 aromatic carbocycles. The summed E-state index contributed by atoms with van der Waals surface area (Å²) >= 11 is 0. The summed E-state index contributed by atoms with van der Waals surface area (Å²) in [5.41, 5.74) is 2.36. The van der Waals surface area contributed by atoms with Crippen molar-refractivity contribution in [2.24, 2.45) is 5.92 Å². The molecule has 0 spiro atoms. The maximum absolute atomic E-state index is 4.31. The number of nitrogens with one attached hydrogen (secondary N) is 1. The first-order chi connectivity index (χ1) is 10.3. The van der Waals surface area contributed by atoms with Gasteiger partial charge in [0.05, 0.1) is 17.6 Å². The zero-order valence-corrected chi connectivity index (χ0v) is 12.9. The van der Waals surface area contributed by atoms with E-state index in [0.717, 1.165) is 12.2 Å². The zero-order chi connectivity index (χ0) is 14.7. The van der Waals surface area contributed by atoms with Gasteiger partial charge in [-0.2, -0.15) is 0 Å².